The molecular weight excluding hydrogens is 392 g/mol. The van der Waals surface area contributed by atoms with E-state index in [0.29, 0.717) is 19.0 Å². The number of aryl methyl sites for hydroxylation is 1. The molecule has 1 spiro atoms. The number of aromatic amines is 1. The Morgan fingerprint density at radius 2 is 2.00 bits per heavy atom. The minimum atomic E-state index is -0.203. The quantitative estimate of drug-likeness (QED) is 0.683. The van der Waals surface area contributed by atoms with Gasteiger partial charge in [0.05, 0.1) is 12.2 Å². The van der Waals surface area contributed by atoms with Crippen molar-refractivity contribution in [2.75, 3.05) is 19.7 Å². The molecule has 0 bridgehead atoms. The minimum absolute atomic E-state index is 0.0558. The Balaban J connectivity index is 1.14. The van der Waals surface area contributed by atoms with Gasteiger partial charge in [0.15, 0.2) is 0 Å². The van der Waals surface area contributed by atoms with Crippen LogP contribution in [0.15, 0.2) is 48.9 Å². The maximum Gasteiger partial charge on any atom is 0.316 e. The van der Waals surface area contributed by atoms with E-state index >= 15 is 0 Å². The lowest BCUT2D eigenvalue weighted by Crippen LogP contribution is -2.52. The van der Waals surface area contributed by atoms with Gasteiger partial charge in [-0.2, -0.15) is 0 Å². The van der Waals surface area contributed by atoms with Gasteiger partial charge >= 0.3 is 6.01 Å². The number of aromatic nitrogens is 3. The summed E-state index contributed by atoms with van der Waals surface area (Å²) in [4.78, 5) is 26.5. The number of H-pyrrole nitrogens is 1. The van der Waals surface area contributed by atoms with Crippen molar-refractivity contribution in [1.29, 1.82) is 0 Å². The fourth-order valence-electron chi connectivity index (χ4n) is 4.83. The second-order valence-electron chi connectivity index (χ2n) is 8.54. The molecule has 2 aliphatic rings. The van der Waals surface area contributed by atoms with Crippen LogP contribution < -0.4 is 4.74 Å². The Morgan fingerprint density at radius 1 is 1.19 bits per heavy atom. The van der Waals surface area contributed by atoms with Gasteiger partial charge in [-0.15, -0.1) is 0 Å². The maximum absolute atomic E-state index is 12.8. The molecule has 0 radical (unpaired) electrons. The minimum Gasteiger partial charge on any atom is -0.460 e. The van der Waals surface area contributed by atoms with Crippen molar-refractivity contribution in [2.45, 2.75) is 50.2 Å². The number of carbonyl (C=O) groups excluding carboxylic acids is 1. The highest BCUT2D eigenvalue weighted by atomic mass is 16.5. The number of piperidine rings is 1. The van der Waals surface area contributed by atoms with Crippen molar-refractivity contribution < 1.29 is 14.3 Å². The highest BCUT2D eigenvalue weighted by Crippen LogP contribution is 2.36. The normalized spacial score (nSPS) is 20.8. The van der Waals surface area contributed by atoms with E-state index in [1.54, 1.807) is 18.5 Å². The molecule has 2 aliphatic heterocycles. The molecule has 2 aromatic heterocycles. The van der Waals surface area contributed by atoms with Crippen LogP contribution in [0.5, 0.6) is 6.01 Å². The van der Waals surface area contributed by atoms with Crippen LogP contribution in [0, 0.1) is 0 Å². The van der Waals surface area contributed by atoms with Gasteiger partial charge in [-0.3, -0.25) is 4.79 Å². The molecule has 3 aromatic rings. The Kier molecular flexibility index (Phi) is 5.59. The van der Waals surface area contributed by atoms with Gasteiger partial charge in [-0.05, 0) is 37.0 Å². The first-order chi connectivity index (χ1) is 15.2. The number of hydrogen-bond donors (Lipinski definition) is 1. The Hall–Kier alpha value is -2.93. The molecule has 1 atom stereocenters. The van der Waals surface area contributed by atoms with Crippen molar-refractivity contribution in [3.63, 3.8) is 0 Å². The van der Waals surface area contributed by atoms with E-state index in [9.17, 15) is 4.79 Å². The van der Waals surface area contributed by atoms with Gasteiger partial charge in [0, 0.05) is 61.8 Å². The number of fused-ring (bicyclic) bond motifs is 1. The van der Waals surface area contributed by atoms with Gasteiger partial charge in [0.2, 0.25) is 5.91 Å². The zero-order valence-corrected chi connectivity index (χ0v) is 17.6. The molecule has 7 heteroatoms. The Morgan fingerprint density at radius 3 is 2.84 bits per heavy atom. The lowest BCUT2D eigenvalue weighted by Gasteiger charge is -2.45. The van der Waals surface area contributed by atoms with Crippen LogP contribution in [-0.4, -0.2) is 57.2 Å². The summed E-state index contributed by atoms with van der Waals surface area (Å²) in [6.45, 7) is 2.15. The van der Waals surface area contributed by atoms with Crippen LogP contribution in [0.3, 0.4) is 0 Å². The second kappa shape index (κ2) is 8.67. The number of carbonyl (C=O) groups is 1. The summed E-state index contributed by atoms with van der Waals surface area (Å²) < 4.78 is 12.2. The Labute approximate surface area is 181 Å². The average molecular weight is 421 g/mol. The predicted octanol–water partition coefficient (Wildman–Crippen LogP) is 3.51. The molecule has 0 aliphatic carbocycles. The smallest absolute Gasteiger partial charge is 0.316 e. The lowest BCUT2D eigenvalue weighted by atomic mass is 9.83. The standard InChI is InChI=1S/C24H28N4O3/c29-22(7-6-18-17-27-21-5-2-1-4-20(18)21)28-13-9-24(10-14-28)16-19(8-15-30-24)31-23-25-11-3-12-26-23/h1-5,11-12,17,19,27H,6-10,13-16H2. The average Bonchev–Trinajstić information content (AvgIpc) is 3.22. The number of amides is 1. The number of hydrogen-bond acceptors (Lipinski definition) is 5. The SMILES string of the molecule is O=C(CCc1c[nH]c2ccccc12)N1CCC2(CC1)CC(Oc1ncccn1)CCO2. The van der Waals surface area contributed by atoms with Gasteiger partial charge < -0.3 is 19.4 Å². The van der Waals surface area contributed by atoms with E-state index in [1.807, 2.05) is 23.2 Å². The van der Waals surface area contributed by atoms with E-state index in [1.165, 1.54) is 10.9 Å². The van der Waals surface area contributed by atoms with Crippen LogP contribution in [0.4, 0.5) is 0 Å². The van der Waals surface area contributed by atoms with Crippen LogP contribution in [0.1, 0.15) is 37.7 Å². The summed E-state index contributed by atoms with van der Waals surface area (Å²) in [7, 11) is 0. The molecule has 4 heterocycles. The highest BCUT2D eigenvalue weighted by Gasteiger charge is 2.42. The molecule has 1 N–H and O–H groups in total. The summed E-state index contributed by atoms with van der Waals surface area (Å²) in [6, 6.07) is 10.4. The summed E-state index contributed by atoms with van der Waals surface area (Å²) >= 11 is 0. The van der Waals surface area contributed by atoms with E-state index in [2.05, 4.69) is 27.1 Å². The number of rotatable bonds is 5. The number of likely N-dealkylation sites (tertiary alicyclic amines) is 1. The van der Waals surface area contributed by atoms with Crippen LogP contribution >= 0.6 is 0 Å². The molecule has 1 aromatic carbocycles. The largest absolute Gasteiger partial charge is 0.460 e. The summed E-state index contributed by atoms with van der Waals surface area (Å²) in [5, 5.41) is 1.21. The van der Waals surface area contributed by atoms with Gasteiger partial charge in [0.25, 0.3) is 0 Å². The highest BCUT2D eigenvalue weighted by molar-refractivity contribution is 5.84. The third-order valence-electron chi connectivity index (χ3n) is 6.57. The zero-order chi connectivity index (χ0) is 21.1. The number of ether oxygens (including phenoxy) is 2. The van der Waals surface area contributed by atoms with Crippen molar-refractivity contribution in [3.05, 3.63) is 54.5 Å². The van der Waals surface area contributed by atoms with Crippen LogP contribution in [0.2, 0.25) is 0 Å². The molecule has 2 fully saturated rings. The van der Waals surface area contributed by atoms with Gasteiger partial charge in [-0.1, -0.05) is 18.2 Å². The van der Waals surface area contributed by atoms with Crippen LogP contribution in [-0.2, 0) is 16.0 Å². The molecule has 2 saturated heterocycles. The second-order valence-corrected chi connectivity index (χ2v) is 8.54. The number of nitrogens with zero attached hydrogens (tertiary/aromatic N) is 3. The molecule has 1 amide bonds. The van der Waals surface area contributed by atoms with Gasteiger partial charge in [0.1, 0.15) is 6.10 Å². The van der Waals surface area contributed by atoms with E-state index < -0.39 is 0 Å². The molecule has 31 heavy (non-hydrogen) atoms. The zero-order valence-electron chi connectivity index (χ0n) is 17.6. The summed E-state index contributed by atoms with van der Waals surface area (Å²) in [5.41, 5.74) is 2.12. The van der Waals surface area contributed by atoms with Crippen molar-refractivity contribution >= 4 is 16.8 Å². The Bertz CT molecular complexity index is 1030. The predicted molar refractivity (Wildman–Crippen MR) is 117 cm³/mol. The van der Waals surface area contributed by atoms with Crippen molar-refractivity contribution in [1.82, 2.24) is 19.9 Å². The molecule has 7 nitrogen and oxygen atoms in total. The molecule has 5 rings (SSSR count). The number of nitrogens with one attached hydrogen (secondary N) is 1. The number of benzene rings is 1. The first-order valence-corrected chi connectivity index (χ1v) is 11.1. The van der Waals surface area contributed by atoms with Crippen LogP contribution in [0.25, 0.3) is 10.9 Å². The fraction of sp³-hybridized carbons (Fsp3) is 0.458. The third kappa shape index (κ3) is 4.42. The number of para-hydroxylation sites is 1. The molecule has 1 unspecified atom stereocenters. The first-order valence-electron chi connectivity index (χ1n) is 11.1. The molecule has 0 saturated carbocycles. The van der Waals surface area contributed by atoms with E-state index in [-0.39, 0.29) is 17.6 Å². The first kappa shape index (κ1) is 20.0. The van der Waals surface area contributed by atoms with E-state index in [4.69, 9.17) is 9.47 Å². The monoisotopic (exact) mass is 420 g/mol. The third-order valence-corrected chi connectivity index (χ3v) is 6.57. The molecule has 162 valence electrons. The fourth-order valence-corrected chi connectivity index (χ4v) is 4.83. The topological polar surface area (TPSA) is 80.3 Å². The molecular formula is C24H28N4O3. The van der Waals surface area contributed by atoms with Gasteiger partial charge in [-0.25, -0.2) is 9.97 Å². The summed E-state index contributed by atoms with van der Waals surface area (Å²) in [5.74, 6) is 0.224. The van der Waals surface area contributed by atoms with E-state index in [0.717, 1.165) is 50.7 Å². The lowest BCUT2D eigenvalue weighted by molar-refractivity contribution is -0.151. The maximum atomic E-state index is 12.8. The summed E-state index contributed by atoms with van der Waals surface area (Å²) in [6.07, 6.45) is 10.1. The van der Waals surface area contributed by atoms with Crippen molar-refractivity contribution in [3.8, 4) is 6.01 Å². The van der Waals surface area contributed by atoms with Crippen molar-refractivity contribution in [2.24, 2.45) is 0 Å².